The molecule has 8 nitrogen and oxygen atoms in total. The van der Waals surface area contributed by atoms with Crippen LogP contribution < -0.4 is 24.2 Å². The Morgan fingerprint density at radius 3 is 2.65 bits per heavy atom. The number of benzene rings is 3. The maximum Gasteiger partial charge on any atom is 0.326 e. The first-order valence-electron chi connectivity index (χ1n) is 10.3. The number of anilines is 1. The lowest BCUT2D eigenvalue weighted by Crippen LogP contribution is -2.30. The molecular formula is C21H20FN3O5S. The predicted molar refractivity (Wildman–Crippen MR) is 114 cm³/mol. The number of carbonyl (C=O) groups excluding carboxylic acids is 1. The lowest BCUT2D eigenvalue weighted by Gasteiger charge is -2.21. The highest BCUT2D eigenvalue weighted by Crippen LogP contribution is 2.40. The Morgan fingerprint density at radius 1 is 1.19 bits per heavy atom. The molecular weight excluding hydrogens is 425 g/mol. The van der Waals surface area contributed by atoms with E-state index < -0.39 is 34.1 Å². The Balaban J connectivity index is 1.88. The lowest BCUT2D eigenvalue weighted by atomic mass is 10.1. The number of fused-ring (bicyclic) bond motifs is 1. The van der Waals surface area contributed by atoms with Crippen LogP contribution in [0.15, 0.2) is 54.6 Å². The molecule has 1 amide bonds. The van der Waals surface area contributed by atoms with Gasteiger partial charge in [-0.05, 0) is 29.1 Å². The summed E-state index contributed by atoms with van der Waals surface area (Å²) in [6.07, 6.45) is 0. The van der Waals surface area contributed by atoms with Gasteiger partial charge in [-0.1, -0.05) is 36.4 Å². The molecule has 3 aromatic rings. The second-order valence-electron chi connectivity index (χ2n) is 6.66. The number of hydrogen-bond donors (Lipinski definition) is 2. The van der Waals surface area contributed by atoms with Crippen LogP contribution in [0.2, 0.25) is 1.41 Å². The third-order valence-corrected chi connectivity index (χ3v) is 5.71. The third kappa shape index (κ3) is 4.25. The molecule has 1 unspecified atom stereocenters. The Labute approximate surface area is 181 Å². The van der Waals surface area contributed by atoms with Gasteiger partial charge in [0, 0.05) is 11.9 Å². The van der Waals surface area contributed by atoms with Gasteiger partial charge in [0.15, 0.2) is 7.23 Å². The van der Waals surface area contributed by atoms with Crippen LogP contribution in [0.1, 0.15) is 6.93 Å². The zero-order valence-electron chi connectivity index (χ0n) is 18.2. The highest BCUT2D eigenvalue weighted by atomic mass is 32.2. The number of hydrogen-bond acceptors (Lipinski definition) is 6. The summed E-state index contributed by atoms with van der Waals surface area (Å²) < 4.78 is 67.9. The highest BCUT2D eigenvalue weighted by Gasteiger charge is 2.38. The Bertz CT molecular complexity index is 1310. The van der Waals surface area contributed by atoms with Gasteiger partial charge in [-0.2, -0.15) is 8.42 Å². The number of carbonyl (C=O) groups is 1. The first-order valence-corrected chi connectivity index (χ1v) is 10.7. The van der Waals surface area contributed by atoms with Crippen molar-refractivity contribution in [2.75, 3.05) is 24.0 Å². The van der Waals surface area contributed by atoms with E-state index in [0.717, 1.165) is 5.56 Å². The van der Waals surface area contributed by atoms with E-state index in [1.165, 1.54) is 12.1 Å². The quantitative estimate of drug-likeness (QED) is 0.574. The van der Waals surface area contributed by atoms with E-state index in [-0.39, 0.29) is 39.9 Å². The van der Waals surface area contributed by atoms with Gasteiger partial charge in [0.2, 0.25) is 0 Å². The number of amides is 1. The van der Waals surface area contributed by atoms with Crippen molar-refractivity contribution >= 4 is 32.6 Å². The van der Waals surface area contributed by atoms with Crippen LogP contribution in [-0.2, 0) is 21.6 Å². The number of halogens is 1. The molecule has 31 heavy (non-hydrogen) atoms. The Morgan fingerprint density at radius 2 is 1.97 bits per heavy atom. The average Bonchev–Trinajstić information content (AvgIpc) is 2.96. The second kappa shape index (κ2) is 8.40. The minimum Gasteiger partial charge on any atom is -0.492 e. The molecule has 1 heterocycles. The molecule has 4 rings (SSSR count). The maximum absolute atomic E-state index is 15.8. The van der Waals surface area contributed by atoms with Gasteiger partial charge < -0.3 is 15.2 Å². The Kier molecular flexibility index (Phi) is 4.99. The van der Waals surface area contributed by atoms with Crippen molar-refractivity contribution in [3.05, 3.63) is 66.0 Å². The van der Waals surface area contributed by atoms with Gasteiger partial charge >= 0.3 is 10.2 Å². The number of nitrogens with zero attached hydrogens (tertiary/aromatic N) is 1. The van der Waals surface area contributed by atoms with E-state index in [1.807, 2.05) is 6.07 Å². The van der Waals surface area contributed by atoms with E-state index in [2.05, 4.69) is 0 Å². The van der Waals surface area contributed by atoms with Gasteiger partial charge in [-0.15, -0.1) is 0 Å². The summed E-state index contributed by atoms with van der Waals surface area (Å²) in [5.41, 5.74) is 5.54. The second-order valence-corrected chi connectivity index (χ2v) is 8.14. The van der Waals surface area contributed by atoms with Crippen LogP contribution in [0.4, 0.5) is 10.1 Å². The maximum atomic E-state index is 15.8. The zero-order chi connectivity index (χ0) is 23.8. The fourth-order valence-corrected chi connectivity index (χ4v) is 4.13. The molecule has 1 fully saturated rings. The number of nitrogens with one attached hydrogen (secondary N) is 1. The summed E-state index contributed by atoms with van der Waals surface area (Å²) in [6.45, 7) is -1.66. The SMILES string of the molecule is [2H]C1C(=O)N([2H])S(=O)(=O)N1c1c(OCc2ccccc2)cc2ccc(OCCN)cc2c1F. The molecule has 1 atom stereocenters. The van der Waals surface area contributed by atoms with Crippen molar-refractivity contribution < 1.29 is 29.9 Å². The van der Waals surface area contributed by atoms with Gasteiger partial charge in [0.1, 0.15) is 36.9 Å². The van der Waals surface area contributed by atoms with Crippen molar-refractivity contribution in [2.45, 2.75) is 6.61 Å². The molecule has 0 radical (unpaired) electrons. The van der Waals surface area contributed by atoms with Crippen molar-refractivity contribution in [3.8, 4) is 11.5 Å². The van der Waals surface area contributed by atoms with Crippen molar-refractivity contribution in [2.24, 2.45) is 5.73 Å². The van der Waals surface area contributed by atoms with Crippen molar-refractivity contribution in [1.29, 1.82) is 0 Å². The minimum atomic E-state index is -4.81. The minimum absolute atomic E-state index is 0.00939. The fraction of sp³-hybridized carbons (Fsp3) is 0.190. The molecule has 0 spiro atoms. The highest BCUT2D eigenvalue weighted by molar-refractivity contribution is 7.92. The van der Waals surface area contributed by atoms with E-state index in [9.17, 15) is 13.2 Å². The standard InChI is InChI=1S/C21H20FN3O5S/c22-20-17-11-16(29-9-8-23)7-6-15(17)10-18(30-13-14-4-2-1-3-5-14)21(20)25-12-19(26)24-31(25,27)28/h1-7,10-11H,8-9,12-13,23H2,(H,24,26)/i12D/hD. The summed E-state index contributed by atoms with van der Waals surface area (Å²) in [5.74, 6) is -2.25. The van der Waals surface area contributed by atoms with E-state index in [4.69, 9.17) is 18.0 Å². The predicted octanol–water partition coefficient (Wildman–Crippen LogP) is 2.08. The van der Waals surface area contributed by atoms with E-state index >= 15 is 4.39 Å². The summed E-state index contributed by atoms with van der Waals surface area (Å²) in [5, 5.41) is 0.372. The smallest absolute Gasteiger partial charge is 0.326 e. The van der Waals surface area contributed by atoms with E-state index in [0.29, 0.717) is 11.1 Å². The molecule has 1 saturated heterocycles. The summed E-state index contributed by atoms with van der Waals surface area (Å²) in [6, 6.07) is 14.9. The number of nitrogens with two attached hydrogens (primary N) is 1. The first kappa shape index (κ1) is 18.4. The molecule has 3 N–H and O–H groups in total. The van der Waals surface area contributed by atoms with Crippen LogP contribution in [0.3, 0.4) is 0 Å². The number of rotatable bonds is 7. The molecule has 1 aliphatic heterocycles. The molecule has 3 aromatic carbocycles. The fourth-order valence-electron chi connectivity index (χ4n) is 3.14. The largest absolute Gasteiger partial charge is 0.492 e. The average molecular weight is 447 g/mol. The van der Waals surface area contributed by atoms with Crippen LogP contribution in [0.25, 0.3) is 10.8 Å². The third-order valence-electron chi connectivity index (χ3n) is 4.51. The van der Waals surface area contributed by atoms with Crippen LogP contribution in [0, 0.1) is 5.82 Å². The lowest BCUT2D eigenvalue weighted by molar-refractivity contribution is -0.117. The summed E-state index contributed by atoms with van der Waals surface area (Å²) in [7, 11) is -4.81. The van der Waals surface area contributed by atoms with Crippen LogP contribution >= 0.6 is 0 Å². The van der Waals surface area contributed by atoms with Crippen LogP contribution in [0.5, 0.6) is 11.5 Å². The van der Waals surface area contributed by atoms with Crippen molar-refractivity contribution in [3.63, 3.8) is 0 Å². The van der Waals surface area contributed by atoms with Gasteiger partial charge in [-0.25, -0.2) is 13.4 Å². The topological polar surface area (TPSA) is 111 Å². The van der Waals surface area contributed by atoms with Gasteiger partial charge in [0.25, 0.3) is 5.91 Å². The van der Waals surface area contributed by atoms with E-state index in [1.54, 1.807) is 36.4 Å². The Hall–Kier alpha value is -3.37. The zero-order valence-corrected chi connectivity index (χ0v) is 17.0. The molecule has 0 aromatic heterocycles. The number of ether oxygens (including phenoxy) is 2. The molecule has 0 saturated carbocycles. The van der Waals surface area contributed by atoms with Gasteiger partial charge in [0.05, 0.1) is 1.37 Å². The molecule has 1 aliphatic rings. The van der Waals surface area contributed by atoms with Crippen LogP contribution in [-0.4, -0.2) is 34.0 Å². The van der Waals surface area contributed by atoms with Gasteiger partial charge in [-0.3, -0.25) is 4.79 Å². The van der Waals surface area contributed by atoms with Crippen molar-refractivity contribution in [1.82, 2.24) is 4.72 Å². The molecule has 162 valence electrons. The summed E-state index contributed by atoms with van der Waals surface area (Å²) in [4.78, 5) is 12.1. The normalized spacial score (nSPS) is 18.8. The molecule has 10 heteroatoms. The molecule has 0 aliphatic carbocycles. The summed E-state index contributed by atoms with van der Waals surface area (Å²) >= 11 is 0. The first-order chi connectivity index (χ1) is 15.8. The molecule has 0 bridgehead atoms. The monoisotopic (exact) mass is 447 g/mol.